The first kappa shape index (κ1) is 16.9. The van der Waals surface area contributed by atoms with Crippen molar-refractivity contribution in [1.29, 1.82) is 0 Å². The molecule has 1 aliphatic heterocycles. The van der Waals surface area contributed by atoms with Crippen molar-refractivity contribution >= 4 is 0 Å². The van der Waals surface area contributed by atoms with Gasteiger partial charge in [-0.2, -0.15) is 0 Å². The standard InChI is InChI=1S/C15H33N3O/c1-14(2)19-12-6-8-16-9-11-18-10-5-7-15(13-18)17(3)4/h14-16H,5-13H2,1-4H3. The molecule has 0 aromatic carbocycles. The molecule has 1 N–H and O–H groups in total. The van der Waals surface area contributed by atoms with E-state index in [4.69, 9.17) is 4.74 Å². The average molecular weight is 271 g/mol. The van der Waals surface area contributed by atoms with Crippen molar-refractivity contribution in [3.8, 4) is 0 Å². The number of nitrogens with one attached hydrogen (secondary N) is 1. The normalized spacial score (nSPS) is 21.5. The molecule has 19 heavy (non-hydrogen) atoms. The molecule has 0 spiro atoms. The molecule has 0 radical (unpaired) electrons. The number of rotatable bonds is 9. The maximum atomic E-state index is 5.52. The Hall–Kier alpha value is -0.160. The summed E-state index contributed by atoms with van der Waals surface area (Å²) in [5.41, 5.74) is 0. The van der Waals surface area contributed by atoms with Gasteiger partial charge in [0.25, 0.3) is 0 Å². The number of nitrogens with zero attached hydrogens (tertiary/aromatic N) is 2. The van der Waals surface area contributed by atoms with E-state index in [2.05, 4.69) is 43.1 Å². The second-order valence-electron chi connectivity index (χ2n) is 6.08. The number of hydrogen-bond acceptors (Lipinski definition) is 4. The molecule has 0 saturated carbocycles. The van der Waals surface area contributed by atoms with E-state index in [9.17, 15) is 0 Å². The smallest absolute Gasteiger partial charge is 0.0518 e. The zero-order valence-electron chi connectivity index (χ0n) is 13.3. The van der Waals surface area contributed by atoms with Gasteiger partial charge in [0, 0.05) is 32.3 Å². The monoisotopic (exact) mass is 271 g/mol. The quantitative estimate of drug-likeness (QED) is 0.642. The Morgan fingerprint density at radius 3 is 2.79 bits per heavy atom. The topological polar surface area (TPSA) is 27.7 Å². The molecule has 1 saturated heterocycles. The fourth-order valence-corrected chi connectivity index (χ4v) is 2.53. The second kappa shape index (κ2) is 9.70. The molecule has 114 valence electrons. The van der Waals surface area contributed by atoms with Crippen molar-refractivity contribution < 1.29 is 4.74 Å². The Kier molecular flexibility index (Phi) is 8.62. The van der Waals surface area contributed by atoms with Gasteiger partial charge >= 0.3 is 0 Å². The van der Waals surface area contributed by atoms with Gasteiger partial charge in [0.15, 0.2) is 0 Å². The Labute approximate surface area is 119 Å². The predicted molar refractivity (Wildman–Crippen MR) is 81.7 cm³/mol. The molecular weight excluding hydrogens is 238 g/mol. The van der Waals surface area contributed by atoms with Gasteiger partial charge in [0.1, 0.15) is 0 Å². The van der Waals surface area contributed by atoms with Crippen LogP contribution in [0.3, 0.4) is 0 Å². The van der Waals surface area contributed by atoms with Crippen LogP contribution in [0.4, 0.5) is 0 Å². The Bertz CT molecular complexity index is 221. The summed E-state index contributed by atoms with van der Waals surface area (Å²) in [6.07, 6.45) is 4.16. The van der Waals surface area contributed by atoms with Crippen LogP contribution in [0.1, 0.15) is 33.1 Å². The van der Waals surface area contributed by atoms with Crippen molar-refractivity contribution in [2.24, 2.45) is 0 Å². The molecule has 0 aromatic rings. The zero-order valence-corrected chi connectivity index (χ0v) is 13.3. The van der Waals surface area contributed by atoms with Gasteiger partial charge < -0.3 is 19.9 Å². The zero-order chi connectivity index (χ0) is 14.1. The van der Waals surface area contributed by atoms with Gasteiger partial charge in [-0.1, -0.05) is 0 Å². The SMILES string of the molecule is CC(C)OCCCNCCN1CCCC(N(C)C)C1. The third kappa shape index (κ3) is 7.88. The molecule has 1 atom stereocenters. The van der Waals surface area contributed by atoms with E-state index in [1.807, 2.05) is 0 Å². The van der Waals surface area contributed by atoms with Crippen molar-refractivity contribution in [1.82, 2.24) is 15.1 Å². The molecular formula is C15H33N3O. The maximum Gasteiger partial charge on any atom is 0.0518 e. The Morgan fingerprint density at radius 1 is 1.32 bits per heavy atom. The molecule has 1 aliphatic rings. The summed E-state index contributed by atoms with van der Waals surface area (Å²) in [4.78, 5) is 4.95. The first-order chi connectivity index (χ1) is 9.09. The highest BCUT2D eigenvalue weighted by Crippen LogP contribution is 2.12. The molecule has 0 bridgehead atoms. The van der Waals surface area contributed by atoms with E-state index in [-0.39, 0.29) is 0 Å². The second-order valence-corrected chi connectivity index (χ2v) is 6.08. The number of ether oxygens (including phenoxy) is 1. The van der Waals surface area contributed by atoms with Gasteiger partial charge in [0.2, 0.25) is 0 Å². The lowest BCUT2D eigenvalue weighted by Crippen LogP contribution is -2.46. The van der Waals surface area contributed by atoms with Gasteiger partial charge in [-0.05, 0) is 60.3 Å². The minimum Gasteiger partial charge on any atom is -0.379 e. The van der Waals surface area contributed by atoms with Crippen molar-refractivity contribution in [2.75, 3.05) is 53.4 Å². The summed E-state index contributed by atoms with van der Waals surface area (Å²) in [7, 11) is 4.39. The summed E-state index contributed by atoms with van der Waals surface area (Å²) in [6.45, 7) is 10.9. The van der Waals surface area contributed by atoms with E-state index < -0.39 is 0 Å². The number of piperidine rings is 1. The van der Waals surface area contributed by atoms with E-state index in [0.29, 0.717) is 6.10 Å². The highest BCUT2D eigenvalue weighted by molar-refractivity contribution is 4.78. The van der Waals surface area contributed by atoms with Gasteiger partial charge in [-0.25, -0.2) is 0 Å². The van der Waals surface area contributed by atoms with E-state index in [1.54, 1.807) is 0 Å². The summed E-state index contributed by atoms with van der Waals surface area (Å²) >= 11 is 0. The Balaban J connectivity index is 1.97. The first-order valence-electron chi connectivity index (χ1n) is 7.80. The molecule has 0 aromatic heterocycles. The number of likely N-dealkylation sites (tertiary alicyclic amines) is 1. The largest absolute Gasteiger partial charge is 0.379 e. The molecule has 0 amide bonds. The van der Waals surface area contributed by atoms with Crippen LogP contribution < -0.4 is 5.32 Å². The predicted octanol–water partition coefficient (Wildman–Crippen LogP) is 1.42. The van der Waals surface area contributed by atoms with Crippen LogP contribution in [-0.2, 0) is 4.74 Å². The Morgan fingerprint density at radius 2 is 2.11 bits per heavy atom. The molecule has 0 aliphatic carbocycles. The fourth-order valence-electron chi connectivity index (χ4n) is 2.53. The van der Waals surface area contributed by atoms with Gasteiger partial charge in [-0.15, -0.1) is 0 Å². The van der Waals surface area contributed by atoms with Crippen LogP contribution >= 0.6 is 0 Å². The maximum absolute atomic E-state index is 5.52. The van der Waals surface area contributed by atoms with E-state index in [1.165, 1.54) is 32.5 Å². The van der Waals surface area contributed by atoms with Crippen LogP contribution in [0.15, 0.2) is 0 Å². The third-order valence-electron chi connectivity index (χ3n) is 3.76. The third-order valence-corrected chi connectivity index (χ3v) is 3.76. The number of hydrogen-bond donors (Lipinski definition) is 1. The van der Waals surface area contributed by atoms with E-state index >= 15 is 0 Å². The highest BCUT2D eigenvalue weighted by atomic mass is 16.5. The highest BCUT2D eigenvalue weighted by Gasteiger charge is 2.20. The molecule has 1 unspecified atom stereocenters. The minimum atomic E-state index is 0.358. The molecule has 4 nitrogen and oxygen atoms in total. The fraction of sp³-hybridized carbons (Fsp3) is 1.00. The van der Waals surface area contributed by atoms with Crippen molar-refractivity contribution in [3.63, 3.8) is 0 Å². The lowest BCUT2D eigenvalue weighted by atomic mass is 10.1. The summed E-state index contributed by atoms with van der Waals surface area (Å²) in [5, 5.41) is 3.52. The van der Waals surface area contributed by atoms with Crippen LogP contribution in [0.5, 0.6) is 0 Å². The van der Waals surface area contributed by atoms with Crippen molar-refractivity contribution in [3.05, 3.63) is 0 Å². The van der Waals surface area contributed by atoms with Crippen LogP contribution in [-0.4, -0.2) is 75.4 Å². The lowest BCUT2D eigenvalue weighted by molar-refractivity contribution is 0.0768. The average Bonchev–Trinajstić information content (AvgIpc) is 2.37. The van der Waals surface area contributed by atoms with Crippen LogP contribution in [0, 0.1) is 0 Å². The van der Waals surface area contributed by atoms with Gasteiger partial charge in [0.05, 0.1) is 6.10 Å². The van der Waals surface area contributed by atoms with Gasteiger partial charge in [-0.3, -0.25) is 0 Å². The van der Waals surface area contributed by atoms with Crippen LogP contribution in [0.2, 0.25) is 0 Å². The van der Waals surface area contributed by atoms with E-state index in [0.717, 1.165) is 32.2 Å². The van der Waals surface area contributed by atoms with Crippen LogP contribution in [0.25, 0.3) is 0 Å². The lowest BCUT2D eigenvalue weighted by Gasteiger charge is -2.36. The molecule has 1 heterocycles. The summed E-state index contributed by atoms with van der Waals surface area (Å²) < 4.78 is 5.52. The van der Waals surface area contributed by atoms with Crippen molar-refractivity contribution in [2.45, 2.75) is 45.3 Å². The minimum absolute atomic E-state index is 0.358. The molecule has 1 rings (SSSR count). The first-order valence-corrected chi connectivity index (χ1v) is 7.80. The molecule has 4 heteroatoms. The number of likely N-dealkylation sites (N-methyl/N-ethyl adjacent to an activating group) is 1. The summed E-state index contributed by atoms with van der Waals surface area (Å²) in [6, 6.07) is 0.744. The molecule has 1 fully saturated rings. The summed E-state index contributed by atoms with van der Waals surface area (Å²) in [5.74, 6) is 0.